The predicted octanol–water partition coefficient (Wildman–Crippen LogP) is 6.71. The third-order valence-corrected chi connectivity index (χ3v) is 6.70. The van der Waals surface area contributed by atoms with Crippen LogP contribution >= 0.6 is 11.3 Å². The van der Waals surface area contributed by atoms with E-state index in [4.69, 9.17) is 9.47 Å². The van der Waals surface area contributed by atoms with Crippen molar-refractivity contribution in [2.45, 2.75) is 31.9 Å². The molecule has 0 aliphatic heterocycles. The van der Waals surface area contributed by atoms with Crippen LogP contribution in [0.3, 0.4) is 0 Å². The first-order chi connectivity index (χ1) is 18.7. The van der Waals surface area contributed by atoms with E-state index in [-0.39, 0.29) is 24.2 Å². The Kier molecular flexibility index (Phi) is 10.5. The Labute approximate surface area is 227 Å². The first kappa shape index (κ1) is 27.1. The number of rotatable bonds is 15. The zero-order valence-electron chi connectivity index (χ0n) is 21.2. The molecule has 0 radical (unpaired) electrons. The lowest BCUT2D eigenvalue weighted by atomic mass is 10.1. The maximum atomic E-state index is 12.7. The molecule has 1 amide bonds. The molecular weight excluding hydrogens is 496 g/mol. The highest BCUT2D eigenvalue weighted by Gasteiger charge is 2.14. The largest absolute Gasteiger partial charge is 0.457 e. The molecule has 0 saturated heterocycles. The number of ketones is 1. The number of carbonyl (C=O) groups is 2. The zero-order chi connectivity index (χ0) is 26.4. The summed E-state index contributed by atoms with van der Waals surface area (Å²) in [5.41, 5.74) is 1.99. The maximum Gasteiger partial charge on any atom is 0.220 e. The number of Topliss-reactive ketones (excluding diaryl/α,β-unsaturated/α-hetero) is 1. The second-order valence-electron chi connectivity index (χ2n) is 8.84. The van der Waals surface area contributed by atoms with Crippen molar-refractivity contribution in [2.75, 3.05) is 18.5 Å². The fourth-order valence-electron chi connectivity index (χ4n) is 3.82. The molecule has 2 N–H and O–H groups in total. The maximum absolute atomic E-state index is 12.7. The average molecular weight is 529 g/mol. The van der Waals surface area contributed by atoms with Gasteiger partial charge in [0.25, 0.3) is 0 Å². The lowest BCUT2D eigenvalue weighted by molar-refractivity contribution is -0.122. The number of ether oxygens (including phenoxy) is 2. The van der Waals surface area contributed by atoms with Gasteiger partial charge in [0, 0.05) is 25.1 Å². The van der Waals surface area contributed by atoms with Crippen LogP contribution in [0.25, 0.3) is 0 Å². The summed E-state index contributed by atoms with van der Waals surface area (Å²) in [6.45, 7) is 1.32. The van der Waals surface area contributed by atoms with Gasteiger partial charge in [-0.2, -0.15) is 0 Å². The molecule has 1 atom stereocenters. The SMILES string of the molecule is O=C(CCCC(=O)c1cccs1)NC(CNc1ccc(Oc2ccccc2)cc1)COCc1ccccc1. The Hall–Kier alpha value is -3.94. The molecule has 1 aromatic heterocycles. The van der Waals surface area contributed by atoms with Crippen LogP contribution in [-0.2, 0) is 16.1 Å². The van der Waals surface area contributed by atoms with Gasteiger partial charge in [-0.05, 0) is 59.8 Å². The summed E-state index contributed by atoms with van der Waals surface area (Å²) in [5.74, 6) is 1.51. The first-order valence-electron chi connectivity index (χ1n) is 12.7. The quantitative estimate of drug-likeness (QED) is 0.168. The van der Waals surface area contributed by atoms with Gasteiger partial charge >= 0.3 is 0 Å². The third-order valence-electron chi connectivity index (χ3n) is 5.79. The van der Waals surface area contributed by atoms with Crippen LogP contribution < -0.4 is 15.4 Å². The first-order valence-corrected chi connectivity index (χ1v) is 13.6. The fourth-order valence-corrected chi connectivity index (χ4v) is 4.52. The summed E-state index contributed by atoms with van der Waals surface area (Å²) in [4.78, 5) is 25.6. The Morgan fingerprint density at radius 2 is 1.50 bits per heavy atom. The standard InChI is InChI=1S/C31H32N2O4S/c34-29(30-14-8-20-38-30)13-7-15-31(35)33-26(23-36-22-24-9-3-1-4-10-24)21-32-25-16-18-28(19-17-25)37-27-11-5-2-6-12-27/h1-6,8-12,14,16-20,26,32H,7,13,15,21-23H2,(H,33,35). The van der Waals surface area contributed by atoms with E-state index in [0.29, 0.717) is 32.6 Å². The van der Waals surface area contributed by atoms with Gasteiger partial charge in [0.2, 0.25) is 5.91 Å². The fraction of sp³-hybridized carbons (Fsp3) is 0.226. The molecule has 4 aromatic rings. The van der Waals surface area contributed by atoms with Gasteiger partial charge in [0.15, 0.2) is 5.78 Å². The number of hydrogen-bond donors (Lipinski definition) is 2. The average Bonchev–Trinajstić information content (AvgIpc) is 3.49. The van der Waals surface area contributed by atoms with E-state index in [0.717, 1.165) is 27.6 Å². The van der Waals surface area contributed by atoms with E-state index < -0.39 is 0 Å². The molecule has 38 heavy (non-hydrogen) atoms. The Bertz CT molecular complexity index is 1250. The number of para-hydroxylation sites is 1. The molecule has 0 aliphatic rings. The Balaban J connectivity index is 1.27. The Morgan fingerprint density at radius 1 is 0.789 bits per heavy atom. The van der Waals surface area contributed by atoms with Crippen LogP contribution in [0, 0.1) is 0 Å². The molecule has 4 rings (SSSR count). The molecule has 7 heteroatoms. The zero-order valence-corrected chi connectivity index (χ0v) is 22.0. The van der Waals surface area contributed by atoms with E-state index in [1.54, 1.807) is 0 Å². The van der Waals surface area contributed by atoms with Crippen molar-refractivity contribution in [1.29, 1.82) is 0 Å². The molecule has 6 nitrogen and oxygen atoms in total. The molecule has 0 fully saturated rings. The molecule has 0 bridgehead atoms. The summed E-state index contributed by atoms with van der Waals surface area (Å²) in [6.07, 6.45) is 1.16. The number of benzene rings is 3. The lowest BCUT2D eigenvalue weighted by Gasteiger charge is -2.20. The van der Waals surface area contributed by atoms with Crippen LogP contribution in [-0.4, -0.2) is 30.9 Å². The van der Waals surface area contributed by atoms with Crippen LogP contribution in [0.5, 0.6) is 11.5 Å². The highest BCUT2D eigenvalue weighted by Crippen LogP contribution is 2.22. The van der Waals surface area contributed by atoms with Gasteiger partial charge in [0.05, 0.1) is 24.1 Å². The van der Waals surface area contributed by atoms with Crippen molar-refractivity contribution in [1.82, 2.24) is 5.32 Å². The molecule has 0 saturated carbocycles. The van der Waals surface area contributed by atoms with Crippen molar-refractivity contribution < 1.29 is 19.1 Å². The summed E-state index contributed by atoms with van der Waals surface area (Å²) in [5, 5.41) is 8.33. The summed E-state index contributed by atoms with van der Waals surface area (Å²) >= 11 is 1.43. The second-order valence-corrected chi connectivity index (χ2v) is 9.79. The molecule has 1 heterocycles. The Morgan fingerprint density at radius 3 is 2.21 bits per heavy atom. The van der Waals surface area contributed by atoms with E-state index in [2.05, 4.69) is 10.6 Å². The minimum atomic E-state index is -0.237. The number of amides is 1. The highest BCUT2D eigenvalue weighted by atomic mass is 32.1. The van der Waals surface area contributed by atoms with E-state index in [1.165, 1.54) is 11.3 Å². The lowest BCUT2D eigenvalue weighted by Crippen LogP contribution is -2.42. The molecule has 0 spiro atoms. The molecule has 196 valence electrons. The molecular formula is C31H32N2O4S. The van der Waals surface area contributed by atoms with Crippen molar-refractivity contribution in [3.63, 3.8) is 0 Å². The van der Waals surface area contributed by atoms with Gasteiger partial charge in [0.1, 0.15) is 11.5 Å². The number of nitrogens with one attached hydrogen (secondary N) is 2. The van der Waals surface area contributed by atoms with Crippen LogP contribution in [0.2, 0.25) is 0 Å². The summed E-state index contributed by atoms with van der Waals surface area (Å²) in [7, 11) is 0. The van der Waals surface area contributed by atoms with Crippen LogP contribution in [0.4, 0.5) is 5.69 Å². The number of carbonyl (C=O) groups excluding carboxylic acids is 2. The normalized spacial score (nSPS) is 11.5. The highest BCUT2D eigenvalue weighted by molar-refractivity contribution is 7.12. The molecule has 3 aromatic carbocycles. The van der Waals surface area contributed by atoms with Crippen LogP contribution in [0.15, 0.2) is 102 Å². The van der Waals surface area contributed by atoms with Gasteiger partial charge < -0.3 is 20.1 Å². The number of anilines is 1. The van der Waals surface area contributed by atoms with Crippen molar-refractivity contribution in [2.24, 2.45) is 0 Å². The monoisotopic (exact) mass is 528 g/mol. The topological polar surface area (TPSA) is 76.7 Å². The van der Waals surface area contributed by atoms with Crippen molar-refractivity contribution in [3.8, 4) is 11.5 Å². The molecule has 1 unspecified atom stereocenters. The van der Waals surface area contributed by atoms with Crippen molar-refractivity contribution in [3.05, 3.63) is 113 Å². The predicted molar refractivity (Wildman–Crippen MR) is 152 cm³/mol. The van der Waals surface area contributed by atoms with Crippen molar-refractivity contribution >= 4 is 28.7 Å². The smallest absolute Gasteiger partial charge is 0.220 e. The summed E-state index contributed by atoms with van der Waals surface area (Å²) in [6, 6.07) is 30.7. The minimum Gasteiger partial charge on any atom is -0.457 e. The van der Waals surface area contributed by atoms with E-state index in [1.807, 2.05) is 102 Å². The second kappa shape index (κ2) is 14.7. The van der Waals surface area contributed by atoms with Gasteiger partial charge in [-0.1, -0.05) is 54.6 Å². The molecule has 0 aliphatic carbocycles. The number of hydrogen-bond acceptors (Lipinski definition) is 6. The van der Waals surface area contributed by atoms with E-state index >= 15 is 0 Å². The summed E-state index contributed by atoms with van der Waals surface area (Å²) < 4.78 is 11.8. The van der Waals surface area contributed by atoms with Crippen LogP contribution in [0.1, 0.15) is 34.5 Å². The van der Waals surface area contributed by atoms with Gasteiger partial charge in [-0.3, -0.25) is 9.59 Å². The van der Waals surface area contributed by atoms with Gasteiger partial charge in [-0.15, -0.1) is 11.3 Å². The van der Waals surface area contributed by atoms with Gasteiger partial charge in [-0.25, -0.2) is 0 Å². The number of thiophene rings is 1. The minimum absolute atomic E-state index is 0.0805. The third kappa shape index (κ3) is 9.18. The van der Waals surface area contributed by atoms with E-state index in [9.17, 15) is 9.59 Å².